The fourth-order valence-corrected chi connectivity index (χ4v) is 8.50. The van der Waals surface area contributed by atoms with Gasteiger partial charge in [-0.25, -0.2) is 0 Å². The largest absolute Gasteiger partial charge is 0.351 e. The molecular formula is C36H48N6O4. The lowest BCUT2D eigenvalue weighted by Crippen LogP contribution is -2.65. The van der Waals surface area contributed by atoms with Crippen LogP contribution in [0.15, 0.2) is 42.7 Å². The summed E-state index contributed by atoms with van der Waals surface area (Å²) in [6.45, 7) is 7.85. The molecule has 1 N–H and O–H groups in total. The summed E-state index contributed by atoms with van der Waals surface area (Å²) in [5.41, 5.74) is 1.17. The van der Waals surface area contributed by atoms with Gasteiger partial charge in [-0.3, -0.25) is 23.9 Å². The second-order valence-corrected chi connectivity index (χ2v) is 15.4. The van der Waals surface area contributed by atoms with E-state index < -0.39 is 11.3 Å². The zero-order valence-corrected chi connectivity index (χ0v) is 27.3. The Morgan fingerprint density at radius 1 is 0.848 bits per heavy atom. The summed E-state index contributed by atoms with van der Waals surface area (Å²) in [6, 6.07) is 9.89. The van der Waals surface area contributed by atoms with E-state index in [2.05, 4.69) is 24.3 Å². The first-order valence-corrected chi connectivity index (χ1v) is 17.4. The molecule has 0 bridgehead atoms. The Hall–Kier alpha value is -3.69. The zero-order valence-electron chi connectivity index (χ0n) is 27.3. The molecule has 2 aromatic rings. The summed E-state index contributed by atoms with van der Waals surface area (Å²) in [4.78, 5) is 60.1. The molecule has 1 aromatic heterocycles. The molecule has 1 aromatic carbocycles. The summed E-state index contributed by atoms with van der Waals surface area (Å²) < 4.78 is 1.77. The van der Waals surface area contributed by atoms with Crippen molar-refractivity contribution < 1.29 is 19.2 Å². The van der Waals surface area contributed by atoms with Crippen LogP contribution in [0, 0.1) is 28.6 Å². The van der Waals surface area contributed by atoms with Crippen molar-refractivity contribution in [2.75, 3.05) is 39.3 Å². The van der Waals surface area contributed by atoms with Crippen molar-refractivity contribution in [3.63, 3.8) is 0 Å². The number of rotatable bonds is 7. The van der Waals surface area contributed by atoms with Crippen molar-refractivity contribution in [1.82, 2.24) is 29.8 Å². The predicted octanol–water partition coefficient (Wildman–Crippen LogP) is 3.57. The van der Waals surface area contributed by atoms with Crippen LogP contribution in [0.1, 0.15) is 81.1 Å². The van der Waals surface area contributed by atoms with Gasteiger partial charge in [0.15, 0.2) is 0 Å². The Labute approximate surface area is 271 Å². The number of hydrogen-bond acceptors (Lipinski definition) is 5. The monoisotopic (exact) mass is 628 g/mol. The van der Waals surface area contributed by atoms with Crippen LogP contribution in [0.3, 0.4) is 0 Å². The molecule has 2 aliphatic carbocycles. The number of likely N-dealkylation sites (tertiary alicyclic amines) is 3. The lowest BCUT2D eigenvalue weighted by molar-refractivity contribution is -0.151. The van der Waals surface area contributed by atoms with E-state index in [1.54, 1.807) is 22.0 Å². The topological polar surface area (TPSA) is 108 Å². The third-order valence-corrected chi connectivity index (χ3v) is 11.5. The minimum atomic E-state index is -0.471. The van der Waals surface area contributed by atoms with Gasteiger partial charge in [-0.1, -0.05) is 63.4 Å². The van der Waals surface area contributed by atoms with Crippen LogP contribution < -0.4 is 5.32 Å². The maximum absolute atomic E-state index is 14.1. The number of amides is 4. The van der Waals surface area contributed by atoms with Crippen LogP contribution in [-0.4, -0.2) is 93.4 Å². The van der Waals surface area contributed by atoms with E-state index in [-0.39, 0.29) is 46.9 Å². The van der Waals surface area contributed by atoms with E-state index in [1.807, 2.05) is 40.1 Å². The van der Waals surface area contributed by atoms with Gasteiger partial charge < -0.3 is 20.0 Å². The minimum absolute atomic E-state index is 0.0378. The standard InChI is InChI=1S/C36H48N6O4/c1-35(2)16-29(35)34(46)41-23-36(24-41)22-40(33(45)27-17-37-42(19-27)18-25-10-5-3-6-11-25)21-30(36)31(43)38-28-14-9-15-39(20-28)32(44)26-12-7-4-8-13-26/h3,5-6,10-11,17,19,26,28-30H,4,7-9,12-16,18,20-24H2,1-2H3,(H,38,43)/t28-,29-,30+/m1/s1. The molecule has 246 valence electrons. The van der Waals surface area contributed by atoms with Gasteiger partial charge in [-0.15, -0.1) is 0 Å². The molecule has 3 aliphatic heterocycles. The van der Waals surface area contributed by atoms with E-state index in [0.29, 0.717) is 44.8 Å². The first kappa shape index (κ1) is 30.9. The molecule has 2 saturated carbocycles. The highest BCUT2D eigenvalue weighted by molar-refractivity contribution is 5.95. The van der Waals surface area contributed by atoms with Crippen molar-refractivity contribution in [2.24, 2.45) is 28.6 Å². The fraction of sp³-hybridized carbons (Fsp3) is 0.639. The van der Waals surface area contributed by atoms with Gasteiger partial charge in [0.05, 0.1) is 24.2 Å². The molecule has 10 heteroatoms. The summed E-state index contributed by atoms with van der Waals surface area (Å²) in [5.74, 6) is -0.0384. The Morgan fingerprint density at radius 3 is 2.28 bits per heavy atom. The molecule has 3 saturated heterocycles. The van der Waals surface area contributed by atoms with Crippen LogP contribution in [0.2, 0.25) is 0 Å². The minimum Gasteiger partial charge on any atom is -0.351 e. The van der Waals surface area contributed by atoms with Crippen LogP contribution >= 0.6 is 0 Å². The average molecular weight is 629 g/mol. The summed E-state index contributed by atoms with van der Waals surface area (Å²) in [7, 11) is 0. The quantitative estimate of drug-likeness (QED) is 0.505. The number of piperidine rings is 1. The molecule has 0 unspecified atom stereocenters. The third-order valence-electron chi connectivity index (χ3n) is 11.5. The molecule has 5 aliphatic rings. The number of benzene rings is 1. The second kappa shape index (κ2) is 12.2. The molecule has 1 spiro atoms. The lowest BCUT2D eigenvalue weighted by Gasteiger charge is -2.50. The van der Waals surface area contributed by atoms with E-state index >= 15 is 0 Å². The molecule has 10 nitrogen and oxygen atoms in total. The average Bonchev–Trinajstić information content (AvgIpc) is 3.36. The van der Waals surface area contributed by atoms with Crippen molar-refractivity contribution in [3.8, 4) is 0 Å². The Balaban J connectivity index is 1.03. The third kappa shape index (κ3) is 6.07. The predicted molar refractivity (Wildman–Crippen MR) is 172 cm³/mol. The van der Waals surface area contributed by atoms with Crippen molar-refractivity contribution in [2.45, 2.75) is 77.8 Å². The highest BCUT2D eigenvalue weighted by Crippen LogP contribution is 2.54. The van der Waals surface area contributed by atoms with E-state index in [9.17, 15) is 19.2 Å². The second-order valence-electron chi connectivity index (χ2n) is 15.4. The summed E-state index contributed by atoms with van der Waals surface area (Å²) >= 11 is 0. The molecule has 0 radical (unpaired) electrons. The van der Waals surface area contributed by atoms with Crippen molar-refractivity contribution in [1.29, 1.82) is 0 Å². The first-order valence-electron chi connectivity index (χ1n) is 17.4. The van der Waals surface area contributed by atoms with Crippen LogP contribution in [-0.2, 0) is 20.9 Å². The van der Waals surface area contributed by atoms with Gasteiger partial charge >= 0.3 is 0 Å². The number of carbonyl (C=O) groups excluding carboxylic acids is 4. The molecule has 46 heavy (non-hydrogen) atoms. The highest BCUT2D eigenvalue weighted by atomic mass is 16.2. The van der Waals surface area contributed by atoms with E-state index in [1.165, 1.54) is 6.42 Å². The molecular weight excluding hydrogens is 580 g/mol. The lowest BCUT2D eigenvalue weighted by atomic mass is 9.70. The Kier molecular flexibility index (Phi) is 8.18. The van der Waals surface area contributed by atoms with Crippen LogP contribution in [0.4, 0.5) is 0 Å². The van der Waals surface area contributed by atoms with Gasteiger partial charge in [-0.2, -0.15) is 5.10 Å². The zero-order chi connectivity index (χ0) is 32.1. The number of hydrogen-bond donors (Lipinski definition) is 1. The highest BCUT2D eigenvalue weighted by Gasteiger charge is 2.62. The maximum atomic E-state index is 14.1. The summed E-state index contributed by atoms with van der Waals surface area (Å²) in [5, 5.41) is 7.75. The van der Waals surface area contributed by atoms with Crippen molar-refractivity contribution in [3.05, 3.63) is 53.9 Å². The SMILES string of the molecule is CC1(C)C[C@@H]1C(=O)N1CC2(CN(C(=O)c3cnn(Cc4ccccc4)c3)C[C@H]2C(=O)N[C@@H]2CCCN(C(=O)C3CCCCC3)C2)C1. The van der Waals surface area contributed by atoms with Crippen LogP contribution in [0.5, 0.6) is 0 Å². The molecule has 4 amide bonds. The van der Waals surface area contributed by atoms with Crippen molar-refractivity contribution >= 4 is 23.6 Å². The van der Waals surface area contributed by atoms with Gasteiger partial charge in [0, 0.05) is 68.8 Å². The number of aromatic nitrogens is 2. The fourth-order valence-electron chi connectivity index (χ4n) is 8.50. The molecule has 5 fully saturated rings. The molecule has 4 heterocycles. The summed E-state index contributed by atoms with van der Waals surface area (Å²) in [6.07, 6.45) is 11.4. The number of nitrogens with zero attached hydrogens (tertiary/aromatic N) is 5. The van der Waals surface area contributed by atoms with Gasteiger partial charge in [0.25, 0.3) is 5.91 Å². The molecule has 7 rings (SSSR count). The van der Waals surface area contributed by atoms with E-state index in [0.717, 1.165) is 57.1 Å². The number of nitrogens with one attached hydrogen (secondary N) is 1. The first-order chi connectivity index (χ1) is 22.1. The van der Waals surface area contributed by atoms with Crippen LogP contribution in [0.25, 0.3) is 0 Å². The number of carbonyl (C=O) groups is 4. The van der Waals surface area contributed by atoms with Gasteiger partial charge in [-0.05, 0) is 43.1 Å². The van der Waals surface area contributed by atoms with Gasteiger partial charge in [0.2, 0.25) is 17.7 Å². The van der Waals surface area contributed by atoms with Gasteiger partial charge in [0.1, 0.15) is 0 Å². The molecule has 3 atom stereocenters. The smallest absolute Gasteiger partial charge is 0.257 e. The van der Waals surface area contributed by atoms with E-state index in [4.69, 9.17) is 0 Å². The Bertz CT molecular complexity index is 1470. The normalized spacial score (nSPS) is 26.9. The maximum Gasteiger partial charge on any atom is 0.257 e. The Morgan fingerprint density at radius 2 is 1.57 bits per heavy atom.